The van der Waals surface area contributed by atoms with Gasteiger partial charge in [-0.05, 0) is 76.2 Å². The van der Waals surface area contributed by atoms with Gasteiger partial charge in [-0.3, -0.25) is 19.9 Å². The summed E-state index contributed by atoms with van der Waals surface area (Å²) < 4.78 is 0. The van der Waals surface area contributed by atoms with Crippen LogP contribution in [0.4, 0.5) is 0 Å². The Morgan fingerprint density at radius 2 is 0.871 bits per heavy atom. The van der Waals surface area contributed by atoms with Gasteiger partial charge in [-0.1, -0.05) is 24.3 Å². The largest absolute Gasteiger partial charge is 0.260 e. The van der Waals surface area contributed by atoms with E-state index in [0.717, 1.165) is 34.2 Å². The van der Waals surface area contributed by atoms with Crippen LogP contribution in [0.25, 0.3) is 11.4 Å². The number of pyridine rings is 4. The van der Waals surface area contributed by atoms with E-state index in [2.05, 4.69) is 49.8 Å². The van der Waals surface area contributed by atoms with Crippen molar-refractivity contribution >= 4 is 0 Å². The van der Waals surface area contributed by atoms with Crippen LogP contribution in [0.15, 0.2) is 85.2 Å². The van der Waals surface area contributed by atoms with Crippen LogP contribution in [-0.2, 0) is 31.9 Å². The summed E-state index contributed by atoms with van der Waals surface area (Å²) >= 11 is 0. The molecule has 0 aromatic carbocycles. The minimum absolute atomic E-state index is 0. The van der Waals surface area contributed by atoms with Gasteiger partial charge in [-0.25, -0.2) is 0 Å². The summed E-state index contributed by atoms with van der Waals surface area (Å²) in [5.74, 6) is 0. The Morgan fingerprint density at radius 3 is 1.23 bits per heavy atom. The Labute approximate surface area is 198 Å². The molecule has 0 N–H and O–H groups in total. The molecule has 0 atom stereocenters. The predicted octanol–water partition coefficient (Wildman–Crippen LogP) is 5.58. The van der Waals surface area contributed by atoms with Crippen LogP contribution in [0.2, 0.25) is 0 Å². The summed E-state index contributed by atoms with van der Waals surface area (Å²) in [4.78, 5) is 19.0. The van der Waals surface area contributed by atoms with Crippen molar-refractivity contribution in [1.29, 1.82) is 0 Å². The maximum Gasteiger partial charge on any atom is 0.0889 e. The minimum Gasteiger partial charge on any atom is -0.260 e. The van der Waals surface area contributed by atoms with Crippen molar-refractivity contribution in [3.8, 4) is 11.4 Å². The Bertz CT molecular complexity index is 1050. The fourth-order valence-electron chi connectivity index (χ4n) is 3.58. The molecule has 4 aromatic heterocycles. The third-order valence-electron chi connectivity index (χ3n) is 5.65. The van der Waals surface area contributed by atoms with E-state index < -0.39 is 0 Å². The second-order valence-corrected chi connectivity index (χ2v) is 8.50. The molecule has 4 aromatic rings. The molecule has 0 saturated heterocycles. The molecule has 0 radical (unpaired) electrons. The van der Waals surface area contributed by atoms with Crippen molar-refractivity contribution in [3.05, 3.63) is 108 Å². The third-order valence-corrected chi connectivity index (χ3v) is 5.65. The van der Waals surface area contributed by atoms with Crippen LogP contribution < -0.4 is 0 Å². The third kappa shape index (κ3) is 4.65. The van der Waals surface area contributed by atoms with Crippen molar-refractivity contribution in [2.75, 3.05) is 0 Å². The topological polar surface area (TPSA) is 51.6 Å². The molecule has 0 aliphatic heterocycles. The standard InChI is InChI=1S/C26H26N4.Pt/c1-25(2,21-13-5-7-17-27-21)23-15-9-11-19(29-23)20-12-10-16-24(30-20)26(3,4)22-14-6-8-18-28-22;/h5-18H,1-4H3;. The smallest absolute Gasteiger partial charge is 0.0889 e. The van der Waals surface area contributed by atoms with Gasteiger partial charge < -0.3 is 0 Å². The molecule has 160 valence electrons. The molecule has 4 rings (SSSR count). The van der Waals surface area contributed by atoms with Gasteiger partial charge in [0.15, 0.2) is 0 Å². The van der Waals surface area contributed by atoms with E-state index in [9.17, 15) is 0 Å². The van der Waals surface area contributed by atoms with E-state index in [0.29, 0.717) is 0 Å². The molecule has 4 heterocycles. The molecule has 0 saturated carbocycles. The first-order valence-corrected chi connectivity index (χ1v) is 10.2. The maximum atomic E-state index is 4.97. The summed E-state index contributed by atoms with van der Waals surface area (Å²) in [6, 6.07) is 24.2. The first-order valence-electron chi connectivity index (χ1n) is 10.2. The van der Waals surface area contributed by atoms with Crippen LogP contribution in [0.5, 0.6) is 0 Å². The van der Waals surface area contributed by atoms with Gasteiger partial charge in [0, 0.05) is 44.3 Å². The van der Waals surface area contributed by atoms with Gasteiger partial charge in [0.05, 0.1) is 34.2 Å². The SMILES string of the molecule is CC(C)(c1ccccn1)c1cccc(-c2cccc(C(C)(C)c3ccccn3)n2)n1.[Pt]. The van der Waals surface area contributed by atoms with Crippen molar-refractivity contribution in [2.45, 2.75) is 38.5 Å². The maximum absolute atomic E-state index is 4.97. The number of hydrogen-bond donors (Lipinski definition) is 0. The van der Waals surface area contributed by atoms with E-state index in [-0.39, 0.29) is 31.9 Å². The number of nitrogens with zero attached hydrogens (tertiary/aromatic N) is 4. The average Bonchev–Trinajstić information content (AvgIpc) is 2.80. The van der Waals surface area contributed by atoms with Gasteiger partial charge in [0.1, 0.15) is 0 Å². The molecule has 0 unspecified atom stereocenters. The zero-order valence-electron chi connectivity index (χ0n) is 18.2. The minimum atomic E-state index is -0.303. The van der Waals surface area contributed by atoms with Gasteiger partial charge in [0.25, 0.3) is 0 Å². The first kappa shape index (κ1) is 23.0. The van der Waals surface area contributed by atoms with E-state index in [1.807, 2.05) is 73.1 Å². The molecular weight excluding hydrogens is 563 g/mol. The molecule has 31 heavy (non-hydrogen) atoms. The van der Waals surface area contributed by atoms with Gasteiger partial charge in [-0.15, -0.1) is 0 Å². The number of hydrogen-bond acceptors (Lipinski definition) is 4. The normalized spacial score (nSPS) is 11.6. The molecule has 5 heteroatoms. The second-order valence-electron chi connectivity index (χ2n) is 8.50. The summed E-state index contributed by atoms with van der Waals surface area (Å²) in [6.45, 7) is 8.59. The van der Waals surface area contributed by atoms with Gasteiger partial charge in [-0.2, -0.15) is 0 Å². The van der Waals surface area contributed by atoms with E-state index in [1.54, 1.807) is 0 Å². The van der Waals surface area contributed by atoms with Crippen molar-refractivity contribution < 1.29 is 21.1 Å². The second kappa shape index (κ2) is 9.19. The molecular formula is C26H26N4Pt. The van der Waals surface area contributed by atoms with Crippen LogP contribution in [0.1, 0.15) is 50.5 Å². The molecule has 0 aliphatic rings. The van der Waals surface area contributed by atoms with E-state index in [4.69, 9.17) is 9.97 Å². The molecule has 0 bridgehead atoms. The summed E-state index contributed by atoms with van der Waals surface area (Å²) in [6.07, 6.45) is 3.65. The Morgan fingerprint density at radius 1 is 0.484 bits per heavy atom. The van der Waals surface area contributed by atoms with Crippen molar-refractivity contribution in [1.82, 2.24) is 19.9 Å². The number of rotatable bonds is 5. The zero-order chi connectivity index (χ0) is 21.2. The predicted molar refractivity (Wildman–Crippen MR) is 120 cm³/mol. The summed E-state index contributed by atoms with van der Waals surface area (Å²) in [5, 5.41) is 0. The van der Waals surface area contributed by atoms with Gasteiger partial charge in [0.2, 0.25) is 0 Å². The Balaban J connectivity index is 0.00000272. The Hall–Kier alpha value is -2.71. The van der Waals surface area contributed by atoms with Crippen LogP contribution in [-0.4, -0.2) is 19.9 Å². The molecule has 0 amide bonds. The summed E-state index contributed by atoms with van der Waals surface area (Å²) in [5.41, 5.74) is 5.03. The van der Waals surface area contributed by atoms with Crippen LogP contribution in [0, 0.1) is 0 Å². The first-order chi connectivity index (χ1) is 14.4. The molecule has 0 aliphatic carbocycles. The Kier molecular flexibility index (Phi) is 6.81. The zero-order valence-corrected chi connectivity index (χ0v) is 20.5. The molecule has 0 spiro atoms. The average molecular weight is 590 g/mol. The van der Waals surface area contributed by atoms with Crippen molar-refractivity contribution in [2.24, 2.45) is 0 Å². The fourth-order valence-corrected chi connectivity index (χ4v) is 3.58. The van der Waals surface area contributed by atoms with Gasteiger partial charge >= 0.3 is 0 Å². The monoisotopic (exact) mass is 589 g/mol. The quantitative estimate of drug-likeness (QED) is 0.305. The van der Waals surface area contributed by atoms with Crippen molar-refractivity contribution in [3.63, 3.8) is 0 Å². The van der Waals surface area contributed by atoms with Crippen LogP contribution >= 0.6 is 0 Å². The van der Waals surface area contributed by atoms with E-state index >= 15 is 0 Å². The van der Waals surface area contributed by atoms with E-state index in [1.165, 1.54) is 0 Å². The molecule has 4 nitrogen and oxygen atoms in total. The number of aromatic nitrogens is 4. The fraction of sp³-hybridized carbons (Fsp3) is 0.231. The molecule has 0 fully saturated rings. The summed E-state index contributed by atoms with van der Waals surface area (Å²) in [7, 11) is 0. The van der Waals surface area contributed by atoms with Crippen LogP contribution in [0.3, 0.4) is 0 Å².